The van der Waals surface area contributed by atoms with Crippen molar-refractivity contribution in [2.45, 2.75) is 23.6 Å². The average molecular weight is 616 g/mol. The van der Waals surface area contributed by atoms with Crippen LogP contribution in [0.4, 0.5) is 28.7 Å². The highest BCUT2D eigenvalue weighted by Gasteiger charge is 2.23. The molecule has 0 saturated heterocycles. The van der Waals surface area contributed by atoms with Gasteiger partial charge in [0.1, 0.15) is 9.79 Å². The summed E-state index contributed by atoms with van der Waals surface area (Å²) < 4.78 is 69.6. The summed E-state index contributed by atoms with van der Waals surface area (Å²) in [6, 6.07) is 10.3. The molecular formula is C24H23N8O8S2+. The van der Waals surface area contributed by atoms with Gasteiger partial charge < -0.3 is 21.7 Å². The van der Waals surface area contributed by atoms with E-state index in [1.165, 1.54) is 48.0 Å². The molecule has 0 aliphatic carbocycles. The second-order valence-corrected chi connectivity index (χ2v) is 11.5. The molecule has 0 aliphatic heterocycles. The largest absolute Gasteiger partial charge is 0.442 e. The standard InChI is InChI=1S/C24H22N8O8S2/c1-13-26-23(31-24(27-13)32-9-3-4-15(12-32)22(25)34)30-19-8-6-17(11-21(19)42(38,39)40)29-18-7-5-16(28-14(2)33)10-20(18)41(35,36)37/h3-12,29H,1-2H3,(H5-,25,26,27,28,30,31,33,34,35,36,37,38,39,40)/p+1. The third-order valence-electron chi connectivity index (χ3n) is 5.42. The van der Waals surface area contributed by atoms with Crippen LogP contribution in [-0.4, -0.2) is 52.7 Å². The predicted octanol–water partition coefficient (Wildman–Crippen LogP) is 1.49. The molecule has 2 heterocycles. The third kappa shape index (κ3) is 7.18. The molecule has 0 atom stereocenters. The third-order valence-corrected chi connectivity index (χ3v) is 7.20. The van der Waals surface area contributed by atoms with Crippen LogP contribution in [-0.2, 0) is 25.0 Å². The Hall–Kier alpha value is -5.04. The molecule has 0 aliphatic rings. The van der Waals surface area contributed by atoms with Crippen molar-refractivity contribution < 1.29 is 40.1 Å². The van der Waals surface area contributed by atoms with Crippen LogP contribution < -0.4 is 26.3 Å². The molecule has 0 fully saturated rings. The minimum absolute atomic E-state index is 0.0108. The van der Waals surface area contributed by atoms with Gasteiger partial charge in [0.2, 0.25) is 11.7 Å². The summed E-state index contributed by atoms with van der Waals surface area (Å²) in [6.45, 7) is 2.76. The molecule has 2 aromatic carbocycles. The number of amides is 2. The second kappa shape index (κ2) is 11.4. The highest BCUT2D eigenvalue weighted by molar-refractivity contribution is 7.86. The van der Waals surface area contributed by atoms with Gasteiger partial charge in [-0.1, -0.05) is 4.98 Å². The molecule has 42 heavy (non-hydrogen) atoms. The lowest BCUT2D eigenvalue weighted by molar-refractivity contribution is -0.603. The predicted molar refractivity (Wildman–Crippen MR) is 148 cm³/mol. The van der Waals surface area contributed by atoms with Gasteiger partial charge in [-0.15, -0.1) is 0 Å². The van der Waals surface area contributed by atoms with Gasteiger partial charge in [-0.25, -0.2) is 4.57 Å². The SMILES string of the molecule is CC(=O)Nc1ccc(Nc2ccc(Nc3nc(C)nc(-[n+]4cccc(C(N)=O)c4)n3)c(S(=O)(=O)O)c2)c(S(=O)(=O)O)c1. The van der Waals surface area contributed by atoms with Gasteiger partial charge in [0.25, 0.3) is 26.1 Å². The van der Waals surface area contributed by atoms with Crippen LogP contribution in [0.3, 0.4) is 0 Å². The van der Waals surface area contributed by atoms with Crippen molar-refractivity contribution in [2.75, 3.05) is 16.0 Å². The Balaban J connectivity index is 1.71. The van der Waals surface area contributed by atoms with Crippen molar-refractivity contribution in [1.29, 1.82) is 0 Å². The minimum atomic E-state index is -4.86. The van der Waals surface area contributed by atoms with E-state index in [1.807, 2.05) is 0 Å². The van der Waals surface area contributed by atoms with E-state index in [1.54, 1.807) is 19.2 Å². The Bertz CT molecular complexity index is 1950. The second-order valence-electron chi connectivity index (χ2n) is 8.67. The molecule has 2 amide bonds. The molecule has 0 saturated carbocycles. The topological polar surface area (TPSA) is 248 Å². The number of nitrogens with two attached hydrogens (primary N) is 1. The number of pyridine rings is 1. The Morgan fingerprint density at radius 3 is 2.05 bits per heavy atom. The summed E-state index contributed by atoms with van der Waals surface area (Å²) in [5.41, 5.74) is 5.32. The van der Waals surface area contributed by atoms with Crippen molar-refractivity contribution in [3.8, 4) is 5.95 Å². The number of carbonyl (C=O) groups is 2. The quantitative estimate of drug-likeness (QED) is 0.115. The summed E-state index contributed by atoms with van der Waals surface area (Å²) in [5, 5.41) is 7.78. The van der Waals surface area contributed by atoms with E-state index in [9.17, 15) is 35.5 Å². The molecule has 0 spiro atoms. The Morgan fingerprint density at radius 2 is 1.45 bits per heavy atom. The zero-order valence-corrected chi connectivity index (χ0v) is 23.4. The first-order valence-electron chi connectivity index (χ1n) is 11.7. The monoisotopic (exact) mass is 615 g/mol. The van der Waals surface area contributed by atoms with E-state index in [0.717, 1.165) is 12.1 Å². The Kier molecular flexibility index (Phi) is 8.16. The molecule has 0 bridgehead atoms. The van der Waals surface area contributed by atoms with E-state index < -0.39 is 41.8 Å². The summed E-state index contributed by atoms with van der Waals surface area (Å²) in [4.78, 5) is 34.2. The van der Waals surface area contributed by atoms with Crippen LogP contribution in [0.15, 0.2) is 70.7 Å². The number of aromatic nitrogens is 4. The first-order chi connectivity index (χ1) is 19.6. The number of rotatable bonds is 9. The van der Waals surface area contributed by atoms with Gasteiger partial charge in [-0.05, 0) is 53.5 Å². The zero-order chi connectivity index (χ0) is 30.8. The first kappa shape index (κ1) is 29.9. The van der Waals surface area contributed by atoms with Crippen LogP contribution >= 0.6 is 0 Å². The number of nitrogens with one attached hydrogen (secondary N) is 3. The zero-order valence-electron chi connectivity index (χ0n) is 21.8. The Labute approximate surface area is 239 Å². The first-order valence-corrected chi connectivity index (χ1v) is 14.6. The van der Waals surface area contributed by atoms with Crippen LogP contribution in [0.25, 0.3) is 5.95 Å². The highest BCUT2D eigenvalue weighted by atomic mass is 32.2. The molecule has 0 unspecified atom stereocenters. The van der Waals surface area contributed by atoms with Crippen molar-refractivity contribution in [1.82, 2.24) is 15.0 Å². The summed E-state index contributed by atoms with van der Waals surface area (Å²) in [7, 11) is -9.64. The molecular weight excluding hydrogens is 592 g/mol. The van der Waals surface area contributed by atoms with Gasteiger partial charge in [0.15, 0.2) is 0 Å². The van der Waals surface area contributed by atoms with E-state index in [2.05, 4.69) is 30.9 Å². The minimum Gasteiger partial charge on any atom is -0.366 e. The number of anilines is 5. The summed E-state index contributed by atoms with van der Waals surface area (Å²) >= 11 is 0. The van der Waals surface area contributed by atoms with Crippen molar-refractivity contribution in [3.05, 3.63) is 72.3 Å². The summed E-state index contributed by atoms with van der Waals surface area (Å²) in [5.74, 6) is -0.960. The maximum Gasteiger partial charge on any atom is 0.442 e. The number of aryl methyl sites for hydroxylation is 1. The van der Waals surface area contributed by atoms with Crippen LogP contribution in [0, 0.1) is 6.92 Å². The molecule has 0 radical (unpaired) electrons. The smallest absolute Gasteiger partial charge is 0.366 e. The molecule has 16 nitrogen and oxygen atoms in total. The molecule has 4 aromatic rings. The normalized spacial score (nSPS) is 11.5. The van der Waals surface area contributed by atoms with Gasteiger partial charge in [0, 0.05) is 25.2 Å². The number of nitrogens with zero attached hydrogens (tertiary/aromatic N) is 4. The van der Waals surface area contributed by atoms with E-state index in [0.29, 0.717) is 0 Å². The maximum absolute atomic E-state index is 12.3. The highest BCUT2D eigenvalue weighted by Crippen LogP contribution is 2.32. The lowest BCUT2D eigenvalue weighted by atomic mass is 10.2. The molecule has 218 valence electrons. The van der Waals surface area contributed by atoms with E-state index in [4.69, 9.17) is 5.73 Å². The number of primary amides is 1. The lowest BCUT2D eigenvalue weighted by Gasteiger charge is -2.14. The van der Waals surface area contributed by atoms with Gasteiger partial charge in [-0.3, -0.25) is 18.7 Å². The fourth-order valence-corrected chi connectivity index (χ4v) is 5.04. The van der Waals surface area contributed by atoms with Gasteiger partial charge in [-0.2, -0.15) is 21.8 Å². The average Bonchev–Trinajstić information content (AvgIpc) is 2.88. The number of benzene rings is 2. The fourth-order valence-electron chi connectivity index (χ4n) is 3.70. The molecule has 7 N–H and O–H groups in total. The van der Waals surface area contributed by atoms with Gasteiger partial charge in [0.05, 0.1) is 29.3 Å². The number of carbonyl (C=O) groups excluding carboxylic acids is 2. The van der Waals surface area contributed by atoms with Crippen molar-refractivity contribution in [2.24, 2.45) is 5.73 Å². The maximum atomic E-state index is 12.3. The van der Waals surface area contributed by atoms with Crippen LogP contribution in [0.2, 0.25) is 0 Å². The number of hydrogen-bond acceptors (Lipinski definition) is 11. The van der Waals surface area contributed by atoms with Crippen LogP contribution in [0.1, 0.15) is 23.1 Å². The molecule has 18 heteroatoms. The van der Waals surface area contributed by atoms with Gasteiger partial charge >= 0.3 is 11.9 Å². The van der Waals surface area contributed by atoms with Crippen LogP contribution in [0.5, 0.6) is 0 Å². The Morgan fingerprint density at radius 1 is 0.857 bits per heavy atom. The van der Waals surface area contributed by atoms with E-state index >= 15 is 0 Å². The van der Waals surface area contributed by atoms with Crippen molar-refractivity contribution >= 4 is 60.7 Å². The molecule has 4 rings (SSSR count). The van der Waals surface area contributed by atoms with E-state index in [-0.39, 0.29) is 46.0 Å². The van der Waals surface area contributed by atoms with Crippen molar-refractivity contribution in [3.63, 3.8) is 0 Å². The molecule has 2 aromatic heterocycles. The fraction of sp³-hybridized carbons (Fsp3) is 0.0833. The summed E-state index contributed by atoms with van der Waals surface area (Å²) in [6.07, 6.45) is 2.95. The number of hydrogen-bond donors (Lipinski definition) is 6. The lowest BCUT2D eigenvalue weighted by Crippen LogP contribution is -2.35.